The Morgan fingerprint density at radius 3 is 3.00 bits per heavy atom. The van der Waals surface area contributed by atoms with E-state index in [0.29, 0.717) is 27.8 Å². The summed E-state index contributed by atoms with van der Waals surface area (Å²) >= 11 is 6.64. The molecule has 28 heavy (non-hydrogen) atoms. The molecular formula is C19H21ClN6O2. The van der Waals surface area contributed by atoms with E-state index in [-0.39, 0.29) is 11.9 Å². The molecule has 1 aliphatic rings. The van der Waals surface area contributed by atoms with E-state index in [4.69, 9.17) is 16.3 Å². The summed E-state index contributed by atoms with van der Waals surface area (Å²) in [7, 11) is 1.58. The van der Waals surface area contributed by atoms with Crippen molar-refractivity contribution in [1.29, 1.82) is 0 Å². The maximum Gasteiger partial charge on any atom is 0.259 e. The maximum atomic E-state index is 12.7. The van der Waals surface area contributed by atoms with E-state index in [9.17, 15) is 4.79 Å². The van der Waals surface area contributed by atoms with Gasteiger partial charge in [0.1, 0.15) is 10.8 Å². The molecule has 1 fully saturated rings. The fourth-order valence-electron chi connectivity index (χ4n) is 3.55. The second kappa shape index (κ2) is 8.12. The first kappa shape index (κ1) is 18.6. The van der Waals surface area contributed by atoms with E-state index in [1.807, 2.05) is 10.6 Å². The lowest BCUT2D eigenvalue weighted by molar-refractivity contribution is 0.102. The molecule has 1 amide bonds. The number of methoxy groups -OCH3 is 1. The molecule has 1 saturated heterocycles. The molecule has 3 aromatic rings. The van der Waals surface area contributed by atoms with Crippen LogP contribution in [0.25, 0.3) is 11.0 Å². The number of nitrogens with zero attached hydrogens (tertiary/aromatic N) is 4. The third kappa shape index (κ3) is 3.53. The van der Waals surface area contributed by atoms with Crippen molar-refractivity contribution in [2.24, 2.45) is 0 Å². The third-order valence-electron chi connectivity index (χ3n) is 4.93. The van der Waals surface area contributed by atoms with Crippen molar-refractivity contribution in [3.05, 3.63) is 41.2 Å². The van der Waals surface area contributed by atoms with Gasteiger partial charge in [0, 0.05) is 12.6 Å². The number of fused-ring (bicyclic) bond motifs is 1. The minimum absolute atomic E-state index is 0.114. The SMILES string of the molecule is COc1ccc2nc(NC(=O)c3ccnnc3)n([C@@H]3CCCCNC3)c2c1Cl. The van der Waals surface area contributed by atoms with Crippen molar-refractivity contribution in [1.82, 2.24) is 25.1 Å². The van der Waals surface area contributed by atoms with Crippen molar-refractivity contribution in [2.45, 2.75) is 25.3 Å². The molecule has 2 N–H and O–H groups in total. The van der Waals surface area contributed by atoms with E-state index < -0.39 is 0 Å². The molecule has 2 aromatic heterocycles. The number of hydrogen-bond donors (Lipinski definition) is 2. The fraction of sp³-hybridized carbons (Fsp3) is 0.368. The van der Waals surface area contributed by atoms with Gasteiger partial charge in [-0.3, -0.25) is 10.1 Å². The van der Waals surface area contributed by atoms with Gasteiger partial charge in [-0.15, -0.1) is 0 Å². The predicted octanol–water partition coefficient (Wildman–Crippen LogP) is 3.06. The van der Waals surface area contributed by atoms with Gasteiger partial charge in [0.15, 0.2) is 0 Å². The second-order valence-electron chi connectivity index (χ2n) is 6.69. The van der Waals surface area contributed by atoms with Crippen molar-refractivity contribution in [3.63, 3.8) is 0 Å². The van der Waals surface area contributed by atoms with Crippen LogP contribution < -0.4 is 15.4 Å². The molecule has 8 nitrogen and oxygen atoms in total. The molecule has 0 unspecified atom stereocenters. The van der Waals surface area contributed by atoms with Gasteiger partial charge in [0.25, 0.3) is 5.91 Å². The Morgan fingerprint density at radius 1 is 1.32 bits per heavy atom. The molecule has 1 aliphatic heterocycles. The first-order chi connectivity index (χ1) is 13.7. The van der Waals surface area contributed by atoms with Crippen LogP contribution in [0.2, 0.25) is 5.02 Å². The minimum atomic E-state index is -0.295. The average molecular weight is 401 g/mol. The molecule has 0 aliphatic carbocycles. The molecule has 4 rings (SSSR count). The molecule has 0 spiro atoms. The highest BCUT2D eigenvalue weighted by molar-refractivity contribution is 6.36. The van der Waals surface area contributed by atoms with Crippen molar-refractivity contribution < 1.29 is 9.53 Å². The summed E-state index contributed by atoms with van der Waals surface area (Å²) < 4.78 is 7.41. The second-order valence-corrected chi connectivity index (χ2v) is 7.07. The number of benzene rings is 1. The van der Waals surface area contributed by atoms with Gasteiger partial charge in [0.2, 0.25) is 5.95 Å². The lowest BCUT2D eigenvalue weighted by atomic mass is 10.1. The van der Waals surface area contributed by atoms with Crippen LogP contribution >= 0.6 is 11.6 Å². The number of carbonyl (C=O) groups excluding carboxylic acids is 1. The largest absolute Gasteiger partial charge is 0.495 e. The molecule has 1 aromatic carbocycles. The number of hydrogen-bond acceptors (Lipinski definition) is 6. The van der Waals surface area contributed by atoms with Crippen LogP contribution in [0.1, 0.15) is 35.7 Å². The Balaban J connectivity index is 1.81. The lowest BCUT2D eigenvalue weighted by Gasteiger charge is -2.21. The highest BCUT2D eigenvalue weighted by atomic mass is 35.5. The lowest BCUT2D eigenvalue weighted by Crippen LogP contribution is -2.25. The van der Waals surface area contributed by atoms with Gasteiger partial charge in [-0.1, -0.05) is 18.0 Å². The Bertz CT molecular complexity index is 983. The van der Waals surface area contributed by atoms with Crippen LogP contribution in [0.4, 0.5) is 5.95 Å². The van der Waals surface area contributed by atoms with Gasteiger partial charge in [-0.05, 0) is 37.6 Å². The summed E-state index contributed by atoms with van der Waals surface area (Å²) in [6.07, 6.45) is 6.07. The number of halogens is 1. The molecule has 146 valence electrons. The first-order valence-corrected chi connectivity index (χ1v) is 9.60. The number of rotatable bonds is 4. The highest BCUT2D eigenvalue weighted by Crippen LogP contribution is 2.37. The fourth-order valence-corrected chi connectivity index (χ4v) is 3.88. The van der Waals surface area contributed by atoms with Gasteiger partial charge >= 0.3 is 0 Å². The van der Waals surface area contributed by atoms with Crippen LogP contribution in [0.5, 0.6) is 5.75 Å². The smallest absolute Gasteiger partial charge is 0.259 e. The van der Waals surface area contributed by atoms with Crippen molar-refractivity contribution in [2.75, 3.05) is 25.5 Å². The summed E-state index contributed by atoms with van der Waals surface area (Å²) in [4.78, 5) is 17.3. The van der Waals surface area contributed by atoms with E-state index in [1.54, 1.807) is 19.2 Å². The van der Waals surface area contributed by atoms with Gasteiger partial charge < -0.3 is 14.6 Å². The minimum Gasteiger partial charge on any atom is -0.495 e. The molecular weight excluding hydrogens is 380 g/mol. The van der Waals surface area contributed by atoms with Crippen LogP contribution in [0.15, 0.2) is 30.6 Å². The summed E-state index contributed by atoms with van der Waals surface area (Å²) in [5, 5.41) is 14.3. The van der Waals surface area contributed by atoms with Crippen LogP contribution in [-0.4, -0.2) is 45.9 Å². The number of nitrogens with one attached hydrogen (secondary N) is 2. The average Bonchev–Trinajstić information content (AvgIpc) is 2.89. The zero-order valence-electron chi connectivity index (χ0n) is 15.5. The van der Waals surface area contributed by atoms with Crippen molar-refractivity contribution >= 4 is 34.5 Å². The summed E-state index contributed by atoms with van der Waals surface area (Å²) in [6, 6.07) is 5.36. The topological polar surface area (TPSA) is 94.0 Å². The monoisotopic (exact) mass is 400 g/mol. The molecule has 1 atom stereocenters. The van der Waals surface area contributed by atoms with Gasteiger partial charge in [-0.2, -0.15) is 10.2 Å². The molecule has 3 heterocycles. The zero-order valence-corrected chi connectivity index (χ0v) is 16.2. The summed E-state index contributed by atoms with van der Waals surface area (Å²) in [5.74, 6) is 0.741. The highest BCUT2D eigenvalue weighted by Gasteiger charge is 2.25. The standard InChI is InChI=1S/C19H21ClN6O2/c1-28-15-6-5-14-17(16(15)20)26(13-4-2-3-8-21-11-13)19(24-14)25-18(27)12-7-9-22-23-10-12/h5-7,9-10,13,21H,2-4,8,11H2,1H3,(H,24,25,27)/t13-/m1/s1. The van der Waals surface area contributed by atoms with Gasteiger partial charge in [0.05, 0.1) is 36.1 Å². The normalized spacial score (nSPS) is 17.3. The quantitative estimate of drug-likeness (QED) is 0.699. The number of amides is 1. The van der Waals surface area contributed by atoms with Crippen molar-refractivity contribution in [3.8, 4) is 5.75 Å². The number of anilines is 1. The van der Waals surface area contributed by atoms with E-state index in [1.165, 1.54) is 12.4 Å². The molecule has 0 bridgehead atoms. The van der Waals surface area contributed by atoms with Crippen LogP contribution in [0.3, 0.4) is 0 Å². The number of imidazole rings is 1. The molecule has 0 saturated carbocycles. The van der Waals surface area contributed by atoms with E-state index >= 15 is 0 Å². The Labute approximate surface area is 167 Å². The summed E-state index contributed by atoms with van der Waals surface area (Å²) in [6.45, 7) is 1.75. The number of ether oxygens (including phenoxy) is 1. The Kier molecular flexibility index (Phi) is 5.40. The summed E-state index contributed by atoms with van der Waals surface area (Å²) in [5.41, 5.74) is 1.88. The number of carbonyl (C=O) groups is 1. The predicted molar refractivity (Wildman–Crippen MR) is 107 cm³/mol. The third-order valence-corrected chi connectivity index (χ3v) is 5.30. The van der Waals surface area contributed by atoms with Crippen LogP contribution in [-0.2, 0) is 0 Å². The van der Waals surface area contributed by atoms with Gasteiger partial charge in [-0.25, -0.2) is 4.98 Å². The van der Waals surface area contributed by atoms with E-state index in [0.717, 1.165) is 37.9 Å². The Morgan fingerprint density at radius 2 is 2.21 bits per heavy atom. The molecule has 9 heteroatoms. The Hall–Kier alpha value is -2.71. The first-order valence-electron chi connectivity index (χ1n) is 9.22. The van der Waals surface area contributed by atoms with Crippen LogP contribution in [0, 0.1) is 0 Å². The van der Waals surface area contributed by atoms with E-state index in [2.05, 4.69) is 25.8 Å². The maximum absolute atomic E-state index is 12.7. The number of aromatic nitrogens is 4. The zero-order chi connectivity index (χ0) is 19.5. The molecule has 0 radical (unpaired) electrons.